The maximum atomic E-state index is 13.0. The fourth-order valence-electron chi connectivity index (χ4n) is 3.03. The first kappa shape index (κ1) is 20.6. The molecular weight excluding hydrogens is 384 g/mol. The Morgan fingerprint density at radius 1 is 0.897 bits per heavy atom. The van der Waals surface area contributed by atoms with E-state index in [1.54, 1.807) is 42.5 Å². The van der Waals surface area contributed by atoms with Crippen molar-refractivity contribution in [1.82, 2.24) is 5.32 Å². The molecule has 0 unspecified atom stereocenters. The fraction of sp³-hybridized carbons (Fsp3) is 0.174. The van der Waals surface area contributed by atoms with E-state index in [-0.39, 0.29) is 16.8 Å². The van der Waals surface area contributed by atoms with Gasteiger partial charge in [0.15, 0.2) is 0 Å². The van der Waals surface area contributed by atoms with Gasteiger partial charge in [0.1, 0.15) is 0 Å². The normalized spacial score (nSPS) is 12.2. The van der Waals surface area contributed by atoms with Crippen LogP contribution in [0.1, 0.15) is 34.5 Å². The number of amides is 1. The molecule has 5 nitrogen and oxygen atoms in total. The minimum Gasteiger partial charge on any atom is -0.345 e. The second-order valence-corrected chi connectivity index (χ2v) is 8.88. The van der Waals surface area contributed by atoms with Gasteiger partial charge in [-0.05, 0) is 43.7 Å². The zero-order valence-electron chi connectivity index (χ0n) is 16.7. The van der Waals surface area contributed by atoms with Crippen molar-refractivity contribution in [1.29, 1.82) is 0 Å². The van der Waals surface area contributed by atoms with Gasteiger partial charge in [-0.2, -0.15) is 0 Å². The number of hydrogen-bond donors (Lipinski definition) is 1. The minimum atomic E-state index is -3.78. The van der Waals surface area contributed by atoms with Crippen LogP contribution in [0.4, 0.5) is 5.69 Å². The average Bonchev–Trinajstić information content (AvgIpc) is 2.74. The smallest absolute Gasteiger partial charge is 0.264 e. The van der Waals surface area contributed by atoms with Crippen molar-refractivity contribution in [2.45, 2.75) is 24.8 Å². The Hall–Kier alpha value is -3.12. The first-order chi connectivity index (χ1) is 13.8. The molecule has 150 valence electrons. The third kappa shape index (κ3) is 4.49. The van der Waals surface area contributed by atoms with Gasteiger partial charge < -0.3 is 5.32 Å². The van der Waals surface area contributed by atoms with E-state index in [1.165, 1.54) is 19.2 Å². The van der Waals surface area contributed by atoms with E-state index in [4.69, 9.17) is 0 Å². The number of carbonyl (C=O) groups excluding carboxylic acids is 1. The fourth-order valence-corrected chi connectivity index (χ4v) is 4.27. The first-order valence-electron chi connectivity index (χ1n) is 9.31. The summed E-state index contributed by atoms with van der Waals surface area (Å²) in [6, 6.07) is 22.6. The molecule has 0 saturated heterocycles. The Labute approximate surface area is 172 Å². The maximum Gasteiger partial charge on any atom is 0.264 e. The van der Waals surface area contributed by atoms with Gasteiger partial charge in [0.05, 0.1) is 22.2 Å². The van der Waals surface area contributed by atoms with Crippen molar-refractivity contribution in [3.8, 4) is 0 Å². The number of para-hydroxylation sites is 1. The summed E-state index contributed by atoms with van der Waals surface area (Å²) in [6.45, 7) is 3.90. The standard InChI is InChI=1S/C23H24N2O3S/c1-17-13-15-19(16-14-17)18(2)24-23(26)21-11-7-8-12-22(21)25(3)29(27,28)20-9-5-4-6-10-20/h4-16,18H,1-3H3,(H,24,26)/t18-/m0/s1. The van der Waals surface area contributed by atoms with Gasteiger partial charge in [0.25, 0.3) is 15.9 Å². The SMILES string of the molecule is Cc1ccc([C@H](C)NC(=O)c2ccccc2N(C)S(=O)(=O)c2ccccc2)cc1. The molecule has 3 aromatic rings. The topological polar surface area (TPSA) is 66.5 Å². The average molecular weight is 409 g/mol. The number of sulfonamides is 1. The van der Waals surface area contributed by atoms with Crippen molar-refractivity contribution in [2.24, 2.45) is 0 Å². The Morgan fingerprint density at radius 3 is 2.14 bits per heavy atom. The summed E-state index contributed by atoms with van der Waals surface area (Å²) in [5, 5.41) is 2.96. The van der Waals surface area contributed by atoms with Crippen LogP contribution in [0.15, 0.2) is 83.8 Å². The van der Waals surface area contributed by atoms with E-state index in [1.807, 2.05) is 38.1 Å². The predicted molar refractivity (Wildman–Crippen MR) is 116 cm³/mol. The molecule has 0 heterocycles. The second kappa shape index (κ2) is 8.49. The van der Waals surface area contributed by atoms with Crippen molar-refractivity contribution in [2.75, 3.05) is 11.4 Å². The summed E-state index contributed by atoms with van der Waals surface area (Å²) < 4.78 is 27.1. The lowest BCUT2D eigenvalue weighted by molar-refractivity contribution is 0.0940. The lowest BCUT2D eigenvalue weighted by Crippen LogP contribution is -2.31. The molecule has 29 heavy (non-hydrogen) atoms. The third-order valence-corrected chi connectivity index (χ3v) is 6.60. The molecule has 0 aliphatic rings. The molecular formula is C23H24N2O3S. The van der Waals surface area contributed by atoms with Gasteiger partial charge in [0, 0.05) is 7.05 Å². The van der Waals surface area contributed by atoms with Crippen LogP contribution < -0.4 is 9.62 Å². The zero-order valence-corrected chi connectivity index (χ0v) is 17.5. The summed E-state index contributed by atoms with van der Waals surface area (Å²) in [5.41, 5.74) is 2.75. The van der Waals surface area contributed by atoms with Gasteiger partial charge in [-0.3, -0.25) is 9.10 Å². The number of nitrogens with zero attached hydrogens (tertiary/aromatic N) is 1. The second-order valence-electron chi connectivity index (χ2n) is 6.91. The molecule has 1 N–H and O–H groups in total. The number of hydrogen-bond acceptors (Lipinski definition) is 3. The van der Waals surface area contributed by atoms with Crippen LogP contribution >= 0.6 is 0 Å². The third-order valence-electron chi connectivity index (χ3n) is 4.81. The van der Waals surface area contributed by atoms with E-state index >= 15 is 0 Å². The Morgan fingerprint density at radius 2 is 1.48 bits per heavy atom. The molecule has 3 aromatic carbocycles. The summed E-state index contributed by atoms with van der Waals surface area (Å²) in [6.07, 6.45) is 0. The number of carbonyl (C=O) groups is 1. The number of benzene rings is 3. The molecule has 0 saturated carbocycles. The molecule has 6 heteroatoms. The predicted octanol–water partition coefficient (Wildman–Crippen LogP) is 4.31. The van der Waals surface area contributed by atoms with Gasteiger partial charge in [-0.25, -0.2) is 8.42 Å². The summed E-state index contributed by atoms with van der Waals surface area (Å²) in [7, 11) is -2.32. The van der Waals surface area contributed by atoms with Gasteiger partial charge in [-0.15, -0.1) is 0 Å². The van der Waals surface area contributed by atoms with E-state index in [0.29, 0.717) is 11.3 Å². The molecule has 0 aliphatic heterocycles. The van der Waals surface area contributed by atoms with E-state index < -0.39 is 10.0 Å². The monoisotopic (exact) mass is 408 g/mol. The largest absolute Gasteiger partial charge is 0.345 e. The minimum absolute atomic E-state index is 0.172. The number of nitrogens with one attached hydrogen (secondary N) is 1. The Kier molecular flexibility index (Phi) is 6.03. The van der Waals surface area contributed by atoms with Crippen LogP contribution in [0.25, 0.3) is 0 Å². The lowest BCUT2D eigenvalue weighted by atomic mass is 10.1. The van der Waals surface area contributed by atoms with Gasteiger partial charge >= 0.3 is 0 Å². The van der Waals surface area contributed by atoms with Gasteiger partial charge in [-0.1, -0.05) is 60.2 Å². The van der Waals surface area contributed by atoms with E-state index in [2.05, 4.69) is 5.32 Å². The van der Waals surface area contributed by atoms with Crippen molar-refractivity contribution in [3.05, 3.63) is 95.6 Å². The van der Waals surface area contributed by atoms with Crippen LogP contribution in [0.5, 0.6) is 0 Å². The lowest BCUT2D eigenvalue weighted by Gasteiger charge is -2.23. The summed E-state index contributed by atoms with van der Waals surface area (Å²) in [5.74, 6) is -0.330. The maximum absolute atomic E-state index is 13.0. The molecule has 0 fully saturated rings. The number of anilines is 1. The van der Waals surface area contributed by atoms with Crippen molar-refractivity contribution < 1.29 is 13.2 Å². The molecule has 3 rings (SSSR count). The Bertz CT molecular complexity index is 1090. The van der Waals surface area contributed by atoms with Crippen molar-refractivity contribution >= 4 is 21.6 Å². The highest BCUT2D eigenvalue weighted by Gasteiger charge is 2.25. The summed E-state index contributed by atoms with van der Waals surface area (Å²) >= 11 is 0. The molecule has 0 bridgehead atoms. The van der Waals surface area contributed by atoms with Crippen LogP contribution in [0, 0.1) is 6.92 Å². The highest BCUT2D eigenvalue weighted by Crippen LogP contribution is 2.26. The number of rotatable bonds is 6. The number of aryl methyl sites for hydroxylation is 1. The molecule has 0 spiro atoms. The molecule has 1 atom stereocenters. The highest BCUT2D eigenvalue weighted by atomic mass is 32.2. The van der Waals surface area contributed by atoms with E-state index in [9.17, 15) is 13.2 Å². The van der Waals surface area contributed by atoms with Crippen LogP contribution in [0.3, 0.4) is 0 Å². The molecule has 0 radical (unpaired) electrons. The zero-order chi connectivity index (χ0) is 21.0. The molecule has 0 aromatic heterocycles. The summed E-state index contributed by atoms with van der Waals surface area (Å²) in [4.78, 5) is 13.1. The highest BCUT2D eigenvalue weighted by molar-refractivity contribution is 7.92. The Balaban J connectivity index is 1.88. The van der Waals surface area contributed by atoms with Gasteiger partial charge in [0.2, 0.25) is 0 Å². The van der Waals surface area contributed by atoms with Crippen molar-refractivity contribution in [3.63, 3.8) is 0 Å². The van der Waals surface area contributed by atoms with Crippen LogP contribution in [-0.2, 0) is 10.0 Å². The van der Waals surface area contributed by atoms with E-state index in [0.717, 1.165) is 15.4 Å². The van der Waals surface area contributed by atoms with Crippen LogP contribution in [-0.4, -0.2) is 21.4 Å². The molecule has 0 aliphatic carbocycles. The first-order valence-corrected chi connectivity index (χ1v) is 10.7. The molecule has 1 amide bonds. The van der Waals surface area contributed by atoms with Crippen LogP contribution in [0.2, 0.25) is 0 Å². The quantitative estimate of drug-likeness (QED) is 0.661.